The summed E-state index contributed by atoms with van der Waals surface area (Å²) < 4.78 is 0. The summed E-state index contributed by atoms with van der Waals surface area (Å²) in [6, 6.07) is 8.14. The van der Waals surface area contributed by atoms with Crippen LogP contribution in [0.3, 0.4) is 0 Å². The Kier molecular flexibility index (Phi) is 7.48. The summed E-state index contributed by atoms with van der Waals surface area (Å²) in [6.45, 7) is 11.8. The molecule has 0 aliphatic carbocycles. The van der Waals surface area contributed by atoms with Crippen LogP contribution in [0.1, 0.15) is 19.4 Å². The van der Waals surface area contributed by atoms with Crippen LogP contribution in [0.5, 0.6) is 0 Å². The lowest BCUT2D eigenvalue weighted by molar-refractivity contribution is -0.117. The molecule has 0 atom stereocenters. The molecule has 1 aromatic carbocycles. The van der Waals surface area contributed by atoms with Crippen molar-refractivity contribution in [2.45, 2.75) is 20.3 Å². The van der Waals surface area contributed by atoms with Crippen LogP contribution in [-0.2, 0) is 11.2 Å². The van der Waals surface area contributed by atoms with Gasteiger partial charge in [-0.1, -0.05) is 63.4 Å². The van der Waals surface area contributed by atoms with Crippen LogP contribution in [0.15, 0.2) is 67.4 Å². The summed E-state index contributed by atoms with van der Waals surface area (Å²) in [5.74, 6) is -0.125. The first-order valence-corrected chi connectivity index (χ1v) is 7.54. The van der Waals surface area contributed by atoms with Crippen molar-refractivity contribution in [1.29, 1.82) is 0 Å². The van der Waals surface area contributed by atoms with Gasteiger partial charge in [0.15, 0.2) is 0 Å². The van der Waals surface area contributed by atoms with Gasteiger partial charge in [-0.2, -0.15) is 0 Å². The summed E-state index contributed by atoms with van der Waals surface area (Å²) in [6.07, 6.45) is 7.53. The SMILES string of the molecule is C=C/C=C(\C=C)C(=O)NCCc1c[nH]c2ccccc12.CC. The van der Waals surface area contributed by atoms with Crippen molar-refractivity contribution < 1.29 is 4.79 Å². The van der Waals surface area contributed by atoms with Gasteiger partial charge < -0.3 is 10.3 Å². The van der Waals surface area contributed by atoms with Crippen molar-refractivity contribution in [1.82, 2.24) is 10.3 Å². The molecule has 0 unspecified atom stereocenters. The number of nitrogens with one attached hydrogen (secondary N) is 2. The molecule has 2 N–H and O–H groups in total. The molecule has 2 rings (SSSR count). The van der Waals surface area contributed by atoms with Crippen molar-refractivity contribution in [2.75, 3.05) is 6.54 Å². The highest BCUT2D eigenvalue weighted by atomic mass is 16.1. The molecule has 116 valence electrons. The summed E-state index contributed by atoms with van der Waals surface area (Å²) in [5, 5.41) is 4.08. The third-order valence-electron chi connectivity index (χ3n) is 3.13. The molecule has 1 aromatic heterocycles. The molecule has 0 aliphatic rings. The first kappa shape index (κ1) is 17.5. The summed E-state index contributed by atoms with van der Waals surface area (Å²) in [4.78, 5) is 15.1. The maximum atomic E-state index is 11.9. The summed E-state index contributed by atoms with van der Waals surface area (Å²) >= 11 is 0. The van der Waals surface area contributed by atoms with Gasteiger partial charge in [0.25, 0.3) is 5.91 Å². The number of fused-ring (bicyclic) bond motifs is 1. The number of para-hydroxylation sites is 1. The Labute approximate surface area is 132 Å². The highest BCUT2D eigenvalue weighted by Gasteiger charge is 2.06. The van der Waals surface area contributed by atoms with Gasteiger partial charge in [-0.05, 0) is 18.1 Å². The zero-order valence-corrected chi connectivity index (χ0v) is 13.4. The minimum atomic E-state index is -0.125. The molecule has 0 saturated carbocycles. The molecule has 22 heavy (non-hydrogen) atoms. The van der Waals surface area contributed by atoms with Crippen LogP contribution in [0, 0.1) is 0 Å². The standard InChI is InChI=1S/C17H18N2O.C2H6/c1-3-7-13(4-2)17(20)18-11-10-14-12-19-16-9-6-5-8-15(14)16;1-2/h3-9,12,19H,1-2,10-11H2,(H,18,20);1-2H3/b13-7+;. The number of allylic oxidation sites excluding steroid dienone is 2. The first-order valence-electron chi connectivity index (χ1n) is 7.54. The van der Waals surface area contributed by atoms with Crippen molar-refractivity contribution >= 4 is 16.8 Å². The van der Waals surface area contributed by atoms with E-state index in [9.17, 15) is 4.79 Å². The lowest BCUT2D eigenvalue weighted by atomic mass is 10.1. The first-order chi connectivity index (χ1) is 10.8. The Morgan fingerprint density at radius 1 is 1.27 bits per heavy atom. The van der Waals surface area contributed by atoms with E-state index in [1.54, 1.807) is 12.2 Å². The normalized spacial score (nSPS) is 10.5. The topological polar surface area (TPSA) is 44.9 Å². The second kappa shape index (κ2) is 9.40. The Morgan fingerprint density at radius 2 is 2.00 bits per heavy atom. The Morgan fingerprint density at radius 3 is 2.68 bits per heavy atom. The van der Waals surface area contributed by atoms with E-state index < -0.39 is 0 Å². The van der Waals surface area contributed by atoms with Crippen LogP contribution in [0.25, 0.3) is 10.9 Å². The maximum absolute atomic E-state index is 11.9. The van der Waals surface area contributed by atoms with E-state index >= 15 is 0 Å². The number of hydrogen-bond donors (Lipinski definition) is 2. The van der Waals surface area contributed by atoms with Crippen molar-refractivity contribution in [3.8, 4) is 0 Å². The maximum Gasteiger partial charge on any atom is 0.251 e. The number of carbonyl (C=O) groups is 1. The van der Waals surface area contributed by atoms with Gasteiger partial charge >= 0.3 is 0 Å². The number of carbonyl (C=O) groups excluding carboxylic acids is 1. The van der Waals surface area contributed by atoms with Crippen molar-refractivity contribution in [2.24, 2.45) is 0 Å². The number of rotatable bonds is 6. The molecular weight excluding hydrogens is 272 g/mol. The van der Waals surface area contributed by atoms with Gasteiger partial charge in [0.05, 0.1) is 0 Å². The van der Waals surface area contributed by atoms with Crippen molar-refractivity contribution in [3.05, 3.63) is 73.0 Å². The van der Waals surface area contributed by atoms with E-state index in [0.717, 1.165) is 11.9 Å². The Balaban J connectivity index is 0.00000116. The number of H-pyrrole nitrogens is 1. The highest BCUT2D eigenvalue weighted by Crippen LogP contribution is 2.17. The number of aromatic nitrogens is 1. The van der Waals surface area contributed by atoms with E-state index in [0.29, 0.717) is 12.1 Å². The zero-order chi connectivity index (χ0) is 16.4. The van der Waals surface area contributed by atoms with Gasteiger partial charge in [0.2, 0.25) is 0 Å². The number of hydrogen-bond acceptors (Lipinski definition) is 1. The molecule has 0 bridgehead atoms. The molecular formula is C19H24N2O. The van der Waals surface area contributed by atoms with Gasteiger partial charge in [-0.15, -0.1) is 0 Å². The van der Waals surface area contributed by atoms with Crippen LogP contribution in [-0.4, -0.2) is 17.4 Å². The molecule has 0 spiro atoms. The van der Waals surface area contributed by atoms with E-state index in [-0.39, 0.29) is 5.91 Å². The van der Waals surface area contributed by atoms with Crippen LogP contribution < -0.4 is 5.32 Å². The molecule has 3 nitrogen and oxygen atoms in total. The molecule has 1 heterocycles. The molecule has 0 saturated heterocycles. The molecule has 3 heteroatoms. The number of aromatic amines is 1. The molecule has 2 aromatic rings. The van der Waals surface area contributed by atoms with Crippen LogP contribution in [0.4, 0.5) is 0 Å². The third-order valence-corrected chi connectivity index (χ3v) is 3.13. The highest BCUT2D eigenvalue weighted by molar-refractivity contribution is 5.96. The lowest BCUT2D eigenvalue weighted by Crippen LogP contribution is -2.26. The summed E-state index contributed by atoms with van der Waals surface area (Å²) in [5.41, 5.74) is 2.85. The fourth-order valence-corrected chi connectivity index (χ4v) is 2.11. The van der Waals surface area contributed by atoms with Gasteiger partial charge in [0.1, 0.15) is 0 Å². The van der Waals surface area contributed by atoms with E-state index in [1.807, 2.05) is 38.2 Å². The fourth-order valence-electron chi connectivity index (χ4n) is 2.11. The van der Waals surface area contributed by atoms with Gasteiger partial charge in [-0.25, -0.2) is 0 Å². The Bertz CT molecular complexity index is 665. The summed E-state index contributed by atoms with van der Waals surface area (Å²) in [7, 11) is 0. The molecule has 0 fully saturated rings. The Hall–Kier alpha value is -2.55. The third kappa shape index (κ3) is 4.48. The average Bonchev–Trinajstić information content (AvgIpc) is 2.98. The molecule has 1 amide bonds. The molecule has 0 aliphatic heterocycles. The second-order valence-electron chi connectivity index (χ2n) is 4.43. The predicted octanol–water partition coefficient (Wildman–Crippen LogP) is 4.15. The van der Waals surface area contributed by atoms with Gasteiger partial charge in [0, 0.05) is 29.2 Å². The fraction of sp³-hybridized carbons (Fsp3) is 0.211. The van der Waals surface area contributed by atoms with Crippen LogP contribution >= 0.6 is 0 Å². The minimum absolute atomic E-state index is 0.125. The van der Waals surface area contributed by atoms with E-state index in [2.05, 4.69) is 29.5 Å². The lowest BCUT2D eigenvalue weighted by Gasteiger charge is -2.05. The van der Waals surface area contributed by atoms with Crippen LogP contribution in [0.2, 0.25) is 0 Å². The smallest absolute Gasteiger partial charge is 0.251 e. The zero-order valence-electron chi connectivity index (χ0n) is 13.4. The quantitative estimate of drug-likeness (QED) is 0.610. The monoisotopic (exact) mass is 296 g/mol. The minimum Gasteiger partial charge on any atom is -0.361 e. The predicted molar refractivity (Wildman–Crippen MR) is 94.8 cm³/mol. The van der Waals surface area contributed by atoms with E-state index in [1.165, 1.54) is 17.0 Å². The van der Waals surface area contributed by atoms with Gasteiger partial charge in [-0.3, -0.25) is 4.79 Å². The largest absolute Gasteiger partial charge is 0.361 e. The second-order valence-corrected chi connectivity index (χ2v) is 4.43. The average molecular weight is 296 g/mol. The number of benzene rings is 1. The number of amides is 1. The van der Waals surface area contributed by atoms with E-state index in [4.69, 9.17) is 0 Å². The molecule has 0 radical (unpaired) electrons. The van der Waals surface area contributed by atoms with Crippen molar-refractivity contribution in [3.63, 3.8) is 0 Å².